The quantitative estimate of drug-likeness (QED) is 0.0238. The van der Waals surface area contributed by atoms with Gasteiger partial charge in [0.2, 0.25) is 5.91 Å². The Morgan fingerprint density at radius 1 is 0.492 bits per heavy atom. The maximum Gasteiger partial charge on any atom is 0.472 e. The molecule has 10 heteroatoms. The number of aliphatic hydroxyl groups is 1. The highest BCUT2D eigenvalue weighted by molar-refractivity contribution is 7.47. The Morgan fingerprint density at radius 2 is 0.857 bits per heavy atom. The minimum Gasteiger partial charge on any atom is -0.463 e. The fraction of sp³-hybridized carbons (Fsp3) is 0.774. The van der Waals surface area contributed by atoms with Gasteiger partial charge in [-0.25, -0.2) is 4.57 Å². The van der Waals surface area contributed by atoms with Crippen molar-refractivity contribution in [2.24, 2.45) is 0 Å². The zero-order valence-corrected chi connectivity index (χ0v) is 41.4. The van der Waals surface area contributed by atoms with Crippen molar-refractivity contribution in [3.63, 3.8) is 0 Å². The van der Waals surface area contributed by atoms with E-state index in [9.17, 15) is 24.2 Å². The molecule has 0 aromatic rings. The molecule has 0 bridgehead atoms. The first-order valence-corrected chi connectivity index (χ1v) is 27.3. The maximum atomic E-state index is 12.2. The minimum absolute atomic E-state index is 0.0732. The van der Waals surface area contributed by atoms with Gasteiger partial charge in [0.25, 0.3) is 0 Å². The van der Waals surface area contributed by atoms with E-state index >= 15 is 0 Å². The van der Waals surface area contributed by atoms with Crippen LogP contribution in [0.5, 0.6) is 0 Å². The third-order valence-corrected chi connectivity index (χ3v) is 11.9. The van der Waals surface area contributed by atoms with Crippen LogP contribution in [0.25, 0.3) is 0 Å². The SMILES string of the molecule is CCCCC/C=C\C/C=C\C/C=C\C/C=C\CCCCCCCCCC(=O)NCCOP(=O)(O)OCC(O)COC(=O)CCCCCCCCCCC/C=C/CCCCCCCC. The van der Waals surface area contributed by atoms with Crippen LogP contribution in [0, 0.1) is 0 Å². The Labute approximate surface area is 387 Å². The number of aliphatic hydroxyl groups excluding tert-OH is 1. The lowest BCUT2D eigenvalue weighted by atomic mass is 10.1. The number of nitrogens with one attached hydrogen (secondary N) is 1. The summed E-state index contributed by atoms with van der Waals surface area (Å²) in [7, 11) is -4.43. The molecule has 0 heterocycles. The average Bonchev–Trinajstić information content (AvgIpc) is 3.27. The third kappa shape index (κ3) is 50.6. The van der Waals surface area contributed by atoms with E-state index in [0.29, 0.717) is 6.42 Å². The van der Waals surface area contributed by atoms with Gasteiger partial charge in [0.1, 0.15) is 12.7 Å². The van der Waals surface area contributed by atoms with E-state index in [0.717, 1.165) is 64.2 Å². The first-order valence-electron chi connectivity index (χ1n) is 25.8. The van der Waals surface area contributed by atoms with E-state index in [1.807, 2.05) is 0 Å². The molecule has 0 radical (unpaired) electrons. The van der Waals surface area contributed by atoms with Gasteiger partial charge in [-0.3, -0.25) is 18.6 Å². The van der Waals surface area contributed by atoms with Crippen molar-refractivity contribution in [3.8, 4) is 0 Å². The molecule has 9 nitrogen and oxygen atoms in total. The zero-order chi connectivity index (χ0) is 46.0. The van der Waals surface area contributed by atoms with Crippen molar-refractivity contribution < 1.29 is 37.9 Å². The Morgan fingerprint density at radius 3 is 1.33 bits per heavy atom. The number of phosphoric acid groups is 1. The number of unbranched alkanes of at least 4 members (excludes halogenated alkanes) is 25. The second kappa shape index (κ2) is 49.2. The smallest absolute Gasteiger partial charge is 0.463 e. The van der Waals surface area contributed by atoms with Crippen molar-refractivity contribution in [2.75, 3.05) is 26.4 Å². The summed E-state index contributed by atoms with van der Waals surface area (Å²) in [5.41, 5.74) is 0. The van der Waals surface area contributed by atoms with Gasteiger partial charge in [0.05, 0.1) is 13.2 Å². The number of esters is 1. The Hall–Kier alpha value is -2.29. The number of allylic oxidation sites excluding steroid dienone is 10. The van der Waals surface area contributed by atoms with Crippen LogP contribution in [0.15, 0.2) is 60.8 Å². The predicted molar refractivity (Wildman–Crippen MR) is 266 cm³/mol. The third-order valence-electron chi connectivity index (χ3n) is 10.9. The van der Waals surface area contributed by atoms with Crippen LogP contribution in [0.3, 0.4) is 0 Å². The molecule has 1 amide bonds. The number of carbonyl (C=O) groups excluding carboxylic acids is 2. The van der Waals surface area contributed by atoms with Crippen molar-refractivity contribution in [1.82, 2.24) is 5.32 Å². The lowest BCUT2D eigenvalue weighted by Gasteiger charge is -2.15. The standard InChI is InChI=1S/C53H96NO8P/c1-3-5-7-9-11-13-15-17-19-21-23-24-25-26-28-29-31-33-35-37-39-41-43-45-52(56)54-47-48-61-63(58,59)62-50-51(55)49-60-53(57)46-44-42-40-38-36-34-32-30-27-22-20-18-16-14-12-10-8-6-4-2/h11,13,17-20,23-24,26,28,51,55H,3-10,12,14-16,21-22,25,27,29-50H2,1-2H3,(H,54,56)(H,58,59)/b13-11-,19-17-,20-18+,24-23-,28-26-. The molecular formula is C53H96NO8P. The molecule has 0 saturated heterocycles. The second-order valence-electron chi connectivity index (χ2n) is 17.1. The predicted octanol–water partition coefficient (Wildman–Crippen LogP) is 15.2. The van der Waals surface area contributed by atoms with E-state index < -0.39 is 26.5 Å². The maximum absolute atomic E-state index is 12.2. The number of hydrogen-bond donors (Lipinski definition) is 3. The topological polar surface area (TPSA) is 131 Å². The van der Waals surface area contributed by atoms with Crippen LogP contribution in [0.4, 0.5) is 0 Å². The molecular weight excluding hydrogens is 810 g/mol. The number of phosphoric ester groups is 1. The van der Waals surface area contributed by atoms with E-state index in [1.165, 1.54) is 141 Å². The molecule has 0 aromatic carbocycles. The molecule has 0 aliphatic carbocycles. The summed E-state index contributed by atoms with van der Waals surface area (Å²) in [5, 5.41) is 12.7. The normalized spacial score (nSPS) is 13.7. The zero-order valence-electron chi connectivity index (χ0n) is 40.5. The molecule has 2 unspecified atom stereocenters. The van der Waals surface area contributed by atoms with Crippen molar-refractivity contribution in [3.05, 3.63) is 60.8 Å². The van der Waals surface area contributed by atoms with Crippen LogP contribution >= 0.6 is 7.82 Å². The molecule has 0 fully saturated rings. The molecule has 366 valence electrons. The summed E-state index contributed by atoms with van der Waals surface area (Å²) in [4.78, 5) is 34.1. The summed E-state index contributed by atoms with van der Waals surface area (Å²) in [6.45, 7) is 3.53. The van der Waals surface area contributed by atoms with E-state index in [-0.39, 0.29) is 32.1 Å². The molecule has 0 rings (SSSR count). The van der Waals surface area contributed by atoms with Gasteiger partial charge in [-0.1, -0.05) is 197 Å². The minimum atomic E-state index is -4.43. The van der Waals surface area contributed by atoms with Gasteiger partial charge < -0.3 is 20.1 Å². The molecule has 0 aliphatic rings. The van der Waals surface area contributed by atoms with Gasteiger partial charge in [0, 0.05) is 19.4 Å². The summed E-state index contributed by atoms with van der Waals surface area (Å²) in [6.07, 6.45) is 60.1. The van der Waals surface area contributed by atoms with Gasteiger partial charge in [-0.15, -0.1) is 0 Å². The molecule has 0 aromatic heterocycles. The van der Waals surface area contributed by atoms with E-state index in [4.69, 9.17) is 13.8 Å². The monoisotopic (exact) mass is 906 g/mol. The molecule has 0 spiro atoms. The summed E-state index contributed by atoms with van der Waals surface area (Å²) in [6, 6.07) is 0. The Kier molecular flexibility index (Phi) is 47.4. The highest BCUT2D eigenvalue weighted by atomic mass is 31.2. The highest BCUT2D eigenvalue weighted by Crippen LogP contribution is 2.42. The molecule has 2 atom stereocenters. The Balaban J connectivity index is 3.59. The van der Waals surface area contributed by atoms with Gasteiger partial charge in [-0.05, 0) is 83.5 Å². The lowest BCUT2D eigenvalue weighted by Crippen LogP contribution is -2.27. The van der Waals surface area contributed by atoms with Crippen LogP contribution in [-0.2, 0) is 27.9 Å². The number of amides is 1. The van der Waals surface area contributed by atoms with Crippen LogP contribution in [0.1, 0.15) is 232 Å². The van der Waals surface area contributed by atoms with Crippen LogP contribution in [0.2, 0.25) is 0 Å². The number of rotatable bonds is 48. The van der Waals surface area contributed by atoms with Crippen LogP contribution in [-0.4, -0.2) is 54.3 Å². The molecule has 3 N–H and O–H groups in total. The van der Waals surface area contributed by atoms with Crippen molar-refractivity contribution >= 4 is 19.7 Å². The number of carbonyl (C=O) groups is 2. The molecule has 63 heavy (non-hydrogen) atoms. The fourth-order valence-corrected chi connectivity index (χ4v) is 7.76. The summed E-state index contributed by atoms with van der Waals surface area (Å²) in [5.74, 6) is -0.527. The van der Waals surface area contributed by atoms with Gasteiger partial charge in [-0.2, -0.15) is 0 Å². The first kappa shape index (κ1) is 60.7. The largest absolute Gasteiger partial charge is 0.472 e. The van der Waals surface area contributed by atoms with Gasteiger partial charge in [0.15, 0.2) is 0 Å². The average molecular weight is 906 g/mol. The second-order valence-corrected chi connectivity index (χ2v) is 18.6. The summed E-state index contributed by atoms with van der Waals surface area (Å²) < 4.78 is 27.0. The van der Waals surface area contributed by atoms with E-state index in [2.05, 4.69) is 79.9 Å². The first-order chi connectivity index (χ1) is 30.8. The number of ether oxygens (including phenoxy) is 1. The molecule has 0 saturated carbocycles. The lowest BCUT2D eigenvalue weighted by molar-refractivity contribution is -0.147. The van der Waals surface area contributed by atoms with E-state index in [1.54, 1.807) is 0 Å². The van der Waals surface area contributed by atoms with Crippen molar-refractivity contribution in [1.29, 1.82) is 0 Å². The van der Waals surface area contributed by atoms with Crippen LogP contribution < -0.4 is 5.32 Å². The molecule has 0 aliphatic heterocycles. The van der Waals surface area contributed by atoms with Crippen molar-refractivity contribution in [2.45, 2.75) is 238 Å². The fourth-order valence-electron chi connectivity index (χ4n) is 7.01. The van der Waals surface area contributed by atoms with Gasteiger partial charge >= 0.3 is 13.8 Å². The Bertz CT molecular complexity index is 1220. The number of hydrogen-bond acceptors (Lipinski definition) is 7. The summed E-state index contributed by atoms with van der Waals surface area (Å²) >= 11 is 0. The highest BCUT2D eigenvalue weighted by Gasteiger charge is 2.23.